The number of benzene rings is 2. The number of halogens is 1. The molecule has 27 heavy (non-hydrogen) atoms. The van der Waals surface area contributed by atoms with Crippen molar-refractivity contribution >= 4 is 5.82 Å². The van der Waals surface area contributed by atoms with Gasteiger partial charge in [-0.2, -0.15) is 5.26 Å². The van der Waals surface area contributed by atoms with Crippen LogP contribution in [0.25, 0.3) is 22.4 Å². The Morgan fingerprint density at radius 3 is 2.37 bits per heavy atom. The predicted molar refractivity (Wildman–Crippen MR) is 102 cm³/mol. The summed E-state index contributed by atoms with van der Waals surface area (Å²) in [5, 5.41) is 9.68. The summed E-state index contributed by atoms with van der Waals surface area (Å²) in [5.41, 5.74) is 9.64. The van der Waals surface area contributed by atoms with E-state index in [0.717, 1.165) is 5.56 Å². The first kappa shape index (κ1) is 18.2. The van der Waals surface area contributed by atoms with E-state index in [1.807, 2.05) is 6.92 Å². The second-order valence-electron chi connectivity index (χ2n) is 5.91. The Bertz CT molecular complexity index is 1040. The Kier molecular flexibility index (Phi) is 4.95. The topological polar surface area (TPSA) is 81.2 Å². The van der Waals surface area contributed by atoms with Crippen molar-refractivity contribution in [2.45, 2.75) is 6.92 Å². The number of methoxy groups -OCH3 is 2. The van der Waals surface area contributed by atoms with Gasteiger partial charge in [0.15, 0.2) is 0 Å². The van der Waals surface area contributed by atoms with E-state index in [4.69, 9.17) is 15.2 Å². The van der Waals surface area contributed by atoms with Gasteiger partial charge in [0.25, 0.3) is 0 Å². The summed E-state index contributed by atoms with van der Waals surface area (Å²) < 4.78 is 24.1. The van der Waals surface area contributed by atoms with Crippen molar-refractivity contribution in [2.75, 3.05) is 20.0 Å². The maximum absolute atomic E-state index is 13.3. The molecule has 0 aliphatic heterocycles. The molecule has 2 N–H and O–H groups in total. The van der Waals surface area contributed by atoms with Crippen LogP contribution in [-0.4, -0.2) is 19.2 Å². The molecule has 2 aromatic carbocycles. The van der Waals surface area contributed by atoms with Crippen LogP contribution in [0.2, 0.25) is 0 Å². The minimum atomic E-state index is -0.340. The van der Waals surface area contributed by atoms with Gasteiger partial charge in [0.05, 0.1) is 19.9 Å². The number of pyridine rings is 1. The number of hydrogen-bond donors (Lipinski definition) is 1. The van der Waals surface area contributed by atoms with E-state index in [-0.39, 0.29) is 17.2 Å². The molecular formula is C21H18FN3O2. The Balaban J connectivity index is 2.36. The molecule has 3 rings (SSSR count). The highest BCUT2D eigenvalue weighted by atomic mass is 19.1. The first-order valence-corrected chi connectivity index (χ1v) is 8.18. The molecule has 1 aromatic heterocycles. The van der Waals surface area contributed by atoms with Crippen molar-refractivity contribution < 1.29 is 13.9 Å². The molecule has 3 aromatic rings. The Hall–Kier alpha value is -3.59. The SMILES string of the molecule is COc1ccc(OC)c(-c2c(C)c(-c3ccc(F)cc3)nc(N)c2C#N)c1. The molecule has 0 bridgehead atoms. The van der Waals surface area contributed by atoms with Crippen LogP contribution >= 0.6 is 0 Å². The Labute approximate surface area is 156 Å². The number of nitrogens with zero attached hydrogens (tertiary/aromatic N) is 2. The molecule has 1 heterocycles. The fourth-order valence-corrected chi connectivity index (χ4v) is 3.04. The third-order valence-electron chi connectivity index (χ3n) is 4.37. The maximum atomic E-state index is 13.3. The van der Waals surface area contributed by atoms with Gasteiger partial charge in [-0.15, -0.1) is 0 Å². The van der Waals surface area contributed by atoms with Gasteiger partial charge in [0.2, 0.25) is 0 Å². The van der Waals surface area contributed by atoms with Gasteiger partial charge in [-0.05, 0) is 55.0 Å². The highest BCUT2D eigenvalue weighted by molar-refractivity contribution is 5.87. The first-order chi connectivity index (χ1) is 13.0. The van der Waals surface area contributed by atoms with E-state index in [9.17, 15) is 9.65 Å². The zero-order chi connectivity index (χ0) is 19.6. The van der Waals surface area contributed by atoms with Crippen LogP contribution < -0.4 is 15.2 Å². The van der Waals surface area contributed by atoms with Crippen molar-refractivity contribution in [1.29, 1.82) is 5.26 Å². The van der Waals surface area contributed by atoms with Gasteiger partial charge < -0.3 is 15.2 Å². The fraction of sp³-hybridized carbons (Fsp3) is 0.143. The van der Waals surface area contributed by atoms with Gasteiger partial charge in [-0.25, -0.2) is 9.37 Å². The zero-order valence-corrected chi connectivity index (χ0v) is 15.2. The van der Waals surface area contributed by atoms with Crippen molar-refractivity contribution in [1.82, 2.24) is 4.98 Å². The molecule has 0 aliphatic rings. The van der Waals surface area contributed by atoms with Gasteiger partial charge >= 0.3 is 0 Å². The summed E-state index contributed by atoms with van der Waals surface area (Å²) in [6.07, 6.45) is 0. The minimum Gasteiger partial charge on any atom is -0.497 e. The highest BCUT2D eigenvalue weighted by Gasteiger charge is 2.21. The lowest BCUT2D eigenvalue weighted by atomic mass is 9.92. The predicted octanol–water partition coefficient (Wildman–Crippen LogP) is 4.33. The summed E-state index contributed by atoms with van der Waals surface area (Å²) in [7, 11) is 3.12. The smallest absolute Gasteiger partial charge is 0.142 e. The second kappa shape index (κ2) is 7.34. The van der Waals surface area contributed by atoms with Gasteiger partial charge in [-0.3, -0.25) is 0 Å². The summed E-state index contributed by atoms with van der Waals surface area (Å²) in [6, 6.07) is 13.4. The molecule has 0 saturated carbocycles. The van der Waals surface area contributed by atoms with E-state index in [1.165, 1.54) is 12.1 Å². The van der Waals surface area contributed by atoms with Gasteiger partial charge in [0, 0.05) is 16.7 Å². The molecule has 5 nitrogen and oxygen atoms in total. The number of rotatable bonds is 4. The molecule has 0 atom stereocenters. The first-order valence-electron chi connectivity index (χ1n) is 8.18. The summed E-state index contributed by atoms with van der Waals surface area (Å²) in [5.74, 6) is 0.953. The molecule has 0 aliphatic carbocycles. The van der Waals surface area contributed by atoms with E-state index >= 15 is 0 Å². The van der Waals surface area contributed by atoms with Crippen LogP contribution in [0.4, 0.5) is 10.2 Å². The number of hydrogen-bond acceptors (Lipinski definition) is 5. The molecule has 0 fully saturated rings. The van der Waals surface area contributed by atoms with Crippen LogP contribution in [0.1, 0.15) is 11.1 Å². The fourth-order valence-electron chi connectivity index (χ4n) is 3.04. The van der Waals surface area contributed by atoms with Crippen molar-refractivity contribution in [3.05, 3.63) is 59.4 Å². The number of nitriles is 1. The lowest BCUT2D eigenvalue weighted by Gasteiger charge is -2.17. The van der Waals surface area contributed by atoms with Gasteiger partial charge in [-0.1, -0.05) is 0 Å². The van der Waals surface area contributed by atoms with Crippen LogP contribution in [0.3, 0.4) is 0 Å². The number of ether oxygens (including phenoxy) is 2. The standard InChI is InChI=1S/C21H18FN3O2/c1-12-19(16-10-15(26-2)8-9-18(16)27-3)17(11-23)21(24)25-20(12)13-4-6-14(22)7-5-13/h4-10H,1-3H3,(H2,24,25). The third kappa shape index (κ3) is 3.27. The summed E-state index contributed by atoms with van der Waals surface area (Å²) in [4.78, 5) is 4.39. The van der Waals surface area contributed by atoms with E-state index < -0.39 is 0 Å². The van der Waals surface area contributed by atoms with Crippen LogP contribution in [0, 0.1) is 24.1 Å². The van der Waals surface area contributed by atoms with Crippen LogP contribution in [0.5, 0.6) is 11.5 Å². The number of anilines is 1. The number of aromatic nitrogens is 1. The molecule has 0 spiro atoms. The second-order valence-corrected chi connectivity index (χ2v) is 5.91. The molecule has 0 unspecified atom stereocenters. The van der Waals surface area contributed by atoms with Crippen LogP contribution in [-0.2, 0) is 0 Å². The van der Waals surface area contributed by atoms with Crippen LogP contribution in [0.15, 0.2) is 42.5 Å². The molecule has 6 heteroatoms. The Morgan fingerprint density at radius 2 is 1.78 bits per heavy atom. The normalized spacial score (nSPS) is 10.3. The van der Waals surface area contributed by atoms with E-state index in [0.29, 0.717) is 33.9 Å². The molecule has 136 valence electrons. The molecule has 0 amide bonds. The molecular weight excluding hydrogens is 345 g/mol. The summed E-state index contributed by atoms with van der Waals surface area (Å²) in [6.45, 7) is 1.85. The quantitative estimate of drug-likeness (QED) is 0.746. The van der Waals surface area contributed by atoms with E-state index in [1.54, 1.807) is 44.6 Å². The lowest BCUT2D eigenvalue weighted by Crippen LogP contribution is -2.04. The molecule has 0 radical (unpaired) electrons. The Morgan fingerprint density at radius 1 is 1.07 bits per heavy atom. The van der Waals surface area contributed by atoms with Crippen molar-refractivity contribution in [3.63, 3.8) is 0 Å². The lowest BCUT2D eigenvalue weighted by molar-refractivity contribution is 0.404. The molecule has 0 saturated heterocycles. The van der Waals surface area contributed by atoms with Gasteiger partial charge in [0.1, 0.15) is 34.8 Å². The number of nitrogens with two attached hydrogens (primary N) is 1. The maximum Gasteiger partial charge on any atom is 0.142 e. The monoisotopic (exact) mass is 363 g/mol. The highest BCUT2D eigenvalue weighted by Crippen LogP contribution is 2.41. The summed E-state index contributed by atoms with van der Waals surface area (Å²) >= 11 is 0. The average Bonchev–Trinajstić information content (AvgIpc) is 2.69. The largest absolute Gasteiger partial charge is 0.497 e. The average molecular weight is 363 g/mol. The zero-order valence-electron chi connectivity index (χ0n) is 15.2. The minimum absolute atomic E-state index is 0.0993. The third-order valence-corrected chi connectivity index (χ3v) is 4.37. The van der Waals surface area contributed by atoms with Crippen molar-refractivity contribution in [2.24, 2.45) is 0 Å². The number of nitrogen functional groups attached to an aromatic ring is 1. The van der Waals surface area contributed by atoms with Crippen molar-refractivity contribution in [3.8, 4) is 40.0 Å². The van der Waals surface area contributed by atoms with E-state index in [2.05, 4.69) is 11.1 Å².